The first-order valence-corrected chi connectivity index (χ1v) is 14.5. The van der Waals surface area contributed by atoms with E-state index in [1.54, 1.807) is 17.0 Å². The van der Waals surface area contributed by atoms with E-state index >= 15 is 0 Å². The topological polar surface area (TPSA) is 88.5 Å². The number of Topliss-reactive ketones (excluding diaryl/α,β-unsaturated/α-hetero) is 1. The highest BCUT2D eigenvalue weighted by Gasteiger charge is 2.46. The van der Waals surface area contributed by atoms with Crippen LogP contribution in [0.15, 0.2) is 48.0 Å². The van der Waals surface area contributed by atoms with Crippen molar-refractivity contribution in [1.29, 1.82) is 0 Å². The Morgan fingerprint density at radius 3 is 2.30 bits per heavy atom. The van der Waals surface area contributed by atoms with Crippen LogP contribution in [-0.4, -0.2) is 79.2 Å². The first-order valence-electron chi connectivity index (χ1n) is 14.5. The number of unbranched alkanes of at least 4 members (excludes halogenated alkanes) is 2. The Hall–Kier alpha value is -3.36. The van der Waals surface area contributed by atoms with E-state index in [-0.39, 0.29) is 11.3 Å². The molecule has 8 heteroatoms. The maximum atomic E-state index is 13.5. The molecule has 2 heterocycles. The number of hydrogen-bond acceptors (Lipinski definition) is 7. The number of carbonyl (C=O) groups is 2. The molecule has 2 saturated heterocycles. The Kier molecular flexibility index (Phi) is 10.6. The molecule has 0 spiro atoms. The number of benzene rings is 2. The first-order chi connectivity index (χ1) is 19.4. The fraction of sp³-hybridized carbons (Fsp3) is 0.500. The second kappa shape index (κ2) is 14.3. The number of carbonyl (C=O) groups excluding carboxylic acids is 2. The van der Waals surface area contributed by atoms with E-state index in [2.05, 4.69) is 11.8 Å². The van der Waals surface area contributed by atoms with Crippen molar-refractivity contribution in [3.05, 3.63) is 64.7 Å². The smallest absolute Gasteiger partial charge is 0.295 e. The Morgan fingerprint density at radius 2 is 1.62 bits per heavy atom. The van der Waals surface area contributed by atoms with Crippen LogP contribution in [0, 0.1) is 6.92 Å². The van der Waals surface area contributed by atoms with Gasteiger partial charge in [0.1, 0.15) is 17.3 Å². The number of ether oxygens (including phenoxy) is 3. The molecule has 0 aliphatic carbocycles. The average Bonchev–Trinajstić information content (AvgIpc) is 3.23. The van der Waals surface area contributed by atoms with E-state index in [4.69, 9.17) is 14.2 Å². The maximum absolute atomic E-state index is 13.5. The quantitative estimate of drug-likeness (QED) is 0.161. The first kappa shape index (κ1) is 29.6. The summed E-state index contributed by atoms with van der Waals surface area (Å²) in [6.07, 6.45) is 4.11. The molecule has 1 atom stereocenters. The molecule has 2 aromatic rings. The van der Waals surface area contributed by atoms with E-state index < -0.39 is 17.7 Å². The zero-order valence-corrected chi connectivity index (χ0v) is 24.0. The fourth-order valence-electron chi connectivity index (χ4n) is 5.18. The Bertz CT molecular complexity index is 1190. The number of aliphatic hydroxyl groups is 1. The number of nitrogens with zero attached hydrogens (tertiary/aromatic N) is 2. The molecule has 216 valence electrons. The van der Waals surface area contributed by atoms with E-state index in [1.165, 1.54) is 0 Å². The van der Waals surface area contributed by atoms with Crippen molar-refractivity contribution < 1.29 is 28.9 Å². The van der Waals surface area contributed by atoms with Gasteiger partial charge >= 0.3 is 0 Å². The molecule has 2 aliphatic rings. The largest absolute Gasteiger partial charge is 0.507 e. The summed E-state index contributed by atoms with van der Waals surface area (Å²) in [4.78, 5) is 30.7. The lowest BCUT2D eigenvalue weighted by Crippen LogP contribution is -2.42. The standard InChI is InChI=1S/C32H42N2O6/c1-4-6-7-19-40-25-10-8-24(9-11-25)29-28(30(35)27-13-12-26(22-23(27)3)39-18-5-2)31(36)32(37)34(29)15-14-33-16-20-38-21-17-33/h8-13,22,29,35H,4-7,14-21H2,1-3H3. The Balaban J connectivity index is 1.66. The van der Waals surface area contributed by atoms with Crippen LogP contribution in [0.4, 0.5) is 0 Å². The minimum atomic E-state index is -0.703. The van der Waals surface area contributed by atoms with Gasteiger partial charge in [-0.2, -0.15) is 0 Å². The molecule has 0 radical (unpaired) electrons. The van der Waals surface area contributed by atoms with Crippen LogP contribution in [0.25, 0.3) is 5.76 Å². The van der Waals surface area contributed by atoms with Gasteiger partial charge in [0, 0.05) is 31.7 Å². The van der Waals surface area contributed by atoms with Crippen molar-refractivity contribution in [1.82, 2.24) is 9.80 Å². The molecule has 1 amide bonds. The molecular weight excluding hydrogens is 508 g/mol. The minimum Gasteiger partial charge on any atom is -0.507 e. The third kappa shape index (κ3) is 7.04. The third-order valence-electron chi connectivity index (χ3n) is 7.44. The summed E-state index contributed by atoms with van der Waals surface area (Å²) >= 11 is 0. The molecule has 0 aromatic heterocycles. The minimum absolute atomic E-state index is 0.105. The summed E-state index contributed by atoms with van der Waals surface area (Å²) in [7, 11) is 0. The summed E-state index contributed by atoms with van der Waals surface area (Å²) in [5.74, 6) is 0.00330. The van der Waals surface area contributed by atoms with E-state index in [1.807, 2.05) is 44.2 Å². The molecule has 0 saturated carbocycles. The predicted molar refractivity (Wildman–Crippen MR) is 155 cm³/mol. The molecule has 0 bridgehead atoms. The molecule has 4 rings (SSSR count). The molecule has 40 heavy (non-hydrogen) atoms. The van der Waals surface area contributed by atoms with Gasteiger partial charge in [-0.15, -0.1) is 0 Å². The number of ketones is 1. The van der Waals surface area contributed by atoms with Crippen molar-refractivity contribution in [3.8, 4) is 11.5 Å². The Morgan fingerprint density at radius 1 is 0.925 bits per heavy atom. The van der Waals surface area contributed by atoms with Crippen molar-refractivity contribution >= 4 is 17.4 Å². The van der Waals surface area contributed by atoms with Gasteiger partial charge < -0.3 is 24.2 Å². The van der Waals surface area contributed by atoms with Crippen molar-refractivity contribution in [2.24, 2.45) is 0 Å². The second-order valence-corrected chi connectivity index (χ2v) is 10.4. The normalized spacial score (nSPS) is 19.3. The number of rotatable bonds is 13. The van der Waals surface area contributed by atoms with Gasteiger partial charge in [-0.05, 0) is 61.2 Å². The summed E-state index contributed by atoms with van der Waals surface area (Å²) in [5, 5.41) is 11.5. The van der Waals surface area contributed by atoms with Crippen LogP contribution in [0.3, 0.4) is 0 Å². The number of likely N-dealkylation sites (tertiary alicyclic amines) is 1. The van der Waals surface area contributed by atoms with Crippen molar-refractivity contribution in [2.45, 2.75) is 52.5 Å². The maximum Gasteiger partial charge on any atom is 0.295 e. The highest BCUT2D eigenvalue weighted by Crippen LogP contribution is 2.40. The van der Waals surface area contributed by atoms with Crippen LogP contribution in [-0.2, 0) is 14.3 Å². The molecule has 2 aliphatic heterocycles. The summed E-state index contributed by atoms with van der Waals surface area (Å²) < 4.78 is 17.1. The van der Waals surface area contributed by atoms with Crippen LogP contribution in [0.5, 0.6) is 11.5 Å². The molecule has 2 fully saturated rings. The van der Waals surface area contributed by atoms with Gasteiger partial charge in [0.25, 0.3) is 11.7 Å². The number of morpholine rings is 1. The number of aryl methyl sites for hydroxylation is 1. The van der Waals surface area contributed by atoms with Crippen LogP contribution >= 0.6 is 0 Å². The number of hydrogen-bond donors (Lipinski definition) is 1. The van der Waals surface area contributed by atoms with Crippen molar-refractivity contribution in [3.63, 3.8) is 0 Å². The average molecular weight is 551 g/mol. The molecular formula is C32H42N2O6. The van der Waals surface area contributed by atoms with Gasteiger partial charge in [-0.25, -0.2) is 0 Å². The van der Waals surface area contributed by atoms with Crippen LogP contribution in [0.2, 0.25) is 0 Å². The number of amides is 1. The van der Waals surface area contributed by atoms with E-state index in [0.717, 1.165) is 55.6 Å². The molecule has 2 aromatic carbocycles. The van der Waals surface area contributed by atoms with Crippen molar-refractivity contribution in [2.75, 3.05) is 52.6 Å². The highest BCUT2D eigenvalue weighted by atomic mass is 16.5. The summed E-state index contributed by atoms with van der Waals surface area (Å²) in [5.41, 5.74) is 2.13. The second-order valence-electron chi connectivity index (χ2n) is 10.4. The lowest BCUT2D eigenvalue weighted by Gasteiger charge is -2.31. The van der Waals surface area contributed by atoms with Gasteiger partial charge in [0.2, 0.25) is 0 Å². The molecule has 8 nitrogen and oxygen atoms in total. The number of aliphatic hydroxyl groups excluding tert-OH is 1. The Labute approximate surface area is 237 Å². The van der Waals surface area contributed by atoms with Gasteiger partial charge in [-0.3, -0.25) is 14.5 Å². The monoisotopic (exact) mass is 550 g/mol. The van der Waals surface area contributed by atoms with Gasteiger partial charge in [-0.1, -0.05) is 38.8 Å². The van der Waals surface area contributed by atoms with Gasteiger partial charge in [0.05, 0.1) is 38.0 Å². The predicted octanol–water partition coefficient (Wildman–Crippen LogP) is 5.11. The zero-order chi connectivity index (χ0) is 28.5. The van der Waals surface area contributed by atoms with E-state index in [9.17, 15) is 14.7 Å². The lowest BCUT2D eigenvalue weighted by molar-refractivity contribution is -0.140. The fourth-order valence-corrected chi connectivity index (χ4v) is 5.18. The summed E-state index contributed by atoms with van der Waals surface area (Å²) in [6, 6.07) is 12.2. The molecule has 1 N–H and O–H groups in total. The van der Waals surface area contributed by atoms with Crippen LogP contribution in [0.1, 0.15) is 62.3 Å². The third-order valence-corrected chi connectivity index (χ3v) is 7.44. The SMILES string of the molecule is CCCCCOc1ccc(C2C(=C(O)c3ccc(OCCC)cc3C)C(=O)C(=O)N2CCN2CCOCC2)cc1. The highest BCUT2D eigenvalue weighted by molar-refractivity contribution is 6.46. The van der Waals surface area contributed by atoms with Gasteiger partial charge in [0.15, 0.2) is 0 Å². The lowest BCUT2D eigenvalue weighted by atomic mass is 9.94. The summed E-state index contributed by atoms with van der Waals surface area (Å²) in [6.45, 7) is 11.1. The van der Waals surface area contributed by atoms with Crippen LogP contribution < -0.4 is 9.47 Å². The van der Waals surface area contributed by atoms with E-state index in [0.29, 0.717) is 50.8 Å². The molecule has 1 unspecified atom stereocenters. The zero-order valence-electron chi connectivity index (χ0n) is 24.0.